The summed E-state index contributed by atoms with van der Waals surface area (Å²) in [5, 5.41) is 8.30. The van der Waals surface area contributed by atoms with Gasteiger partial charge in [-0.1, -0.05) is 0 Å². The number of thiophene rings is 1. The molecule has 1 rings (SSSR count). The number of azide groups is 1. The molecule has 0 saturated carbocycles. The van der Waals surface area contributed by atoms with Crippen molar-refractivity contribution in [2.24, 2.45) is 5.22 Å². The Bertz CT molecular complexity index is 432. The van der Waals surface area contributed by atoms with Gasteiger partial charge in [0.15, 0.2) is 0 Å². The van der Waals surface area contributed by atoms with Crippen molar-refractivity contribution in [1.82, 2.24) is 5.01 Å². The second-order valence-corrected chi connectivity index (χ2v) is 5.44. The van der Waals surface area contributed by atoms with Crippen molar-refractivity contribution in [2.75, 3.05) is 6.54 Å². The molecule has 0 aliphatic heterocycles. The van der Waals surface area contributed by atoms with Crippen molar-refractivity contribution in [2.45, 2.75) is 32.8 Å². The van der Waals surface area contributed by atoms with Crippen LogP contribution >= 0.6 is 11.3 Å². The molecular formula is C11H16N4O2S. The molecular weight excluding hydrogens is 252 g/mol. The number of hydrogen-bond acceptors (Lipinski definition) is 4. The average Bonchev–Trinajstić information content (AvgIpc) is 2.74. The zero-order valence-corrected chi connectivity index (χ0v) is 11.5. The SMILES string of the molecule is CC(C)(C)OC(=O)N(CCc1ccsc1)N=[N+]=[N-]. The summed E-state index contributed by atoms with van der Waals surface area (Å²) in [5.74, 6) is 0. The standard InChI is InChI=1S/C11H16N4O2S/c1-11(2,3)17-10(16)15(14-13-12)6-4-9-5-7-18-8-9/h5,7-8H,4,6H2,1-3H3. The van der Waals surface area contributed by atoms with Gasteiger partial charge in [0.2, 0.25) is 0 Å². The first kappa shape index (κ1) is 14.3. The Morgan fingerprint density at radius 1 is 1.61 bits per heavy atom. The molecule has 6 nitrogen and oxygen atoms in total. The fourth-order valence-corrected chi connectivity index (χ4v) is 1.91. The molecule has 0 fully saturated rings. The maximum absolute atomic E-state index is 11.7. The molecule has 0 saturated heterocycles. The number of rotatable bonds is 4. The molecule has 0 radical (unpaired) electrons. The predicted octanol–water partition coefficient (Wildman–Crippen LogP) is 3.75. The lowest BCUT2D eigenvalue weighted by atomic mass is 10.2. The number of ether oxygens (including phenoxy) is 1. The lowest BCUT2D eigenvalue weighted by Gasteiger charge is -2.20. The van der Waals surface area contributed by atoms with Crippen LogP contribution in [0.2, 0.25) is 0 Å². The minimum absolute atomic E-state index is 0.301. The third kappa shape index (κ3) is 5.07. The third-order valence-electron chi connectivity index (χ3n) is 1.94. The van der Waals surface area contributed by atoms with Crippen LogP contribution in [0.3, 0.4) is 0 Å². The molecule has 0 aliphatic carbocycles. The molecule has 18 heavy (non-hydrogen) atoms. The van der Waals surface area contributed by atoms with E-state index in [1.54, 1.807) is 32.1 Å². The molecule has 0 aromatic carbocycles. The fourth-order valence-electron chi connectivity index (χ4n) is 1.21. The smallest absolute Gasteiger partial charge is 0.425 e. The molecule has 0 unspecified atom stereocenters. The van der Waals surface area contributed by atoms with E-state index >= 15 is 0 Å². The Morgan fingerprint density at radius 3 is 2.83 bits per heavy atom. The Labute approximate surface area is 110 Å². The zero-order chi connectivity index (χ0) is 13.6. The van der Waals surface area contributed by atoms with Crippen LogP contribution in [0.4, 0.5) is 4.79 Å². The lowest BCUT2D eigenvalue weighted by molar-refractivity contribution is 0.0252. The molecule has 7 heteroatoms. The van der Waals surface area contributed by atoms with E-state index < -0.39 is 11.7 Å². The van der Waals surface area contributed by atoms with Crippen LogP contribution in [0.15, 0.2) is 22.0 Å². The van der Waals surface area contributed by atoms with E-state index in [0.29, 0.717) is 13.0 Å². The minimum atomic E-state index is -0.629. The van der Waals surface area contributed by atoms with Gasteiger partial charge in [0.25, 0.3) is 0 Å². The molecule has 1 aromatic rings. The van der Waals surface area contributed by atoms with Gasteiger partial charge in [-0.3, -0.25) is 0 Å². The van der Waals surface area contributed by atoms with Gasteiger partial charge in [0.05, 0.1) is 0 Å². The van der Waals surface area contributed by atoms with Crippen molar-refractivity contribution in [3.63, 3.8) is 0 Å². The molecule has 0 spiro atoms. The Kier molecular flexibility index (Phi) is 5.00. The van der Waals surface area contributed by atoms with Gasteiger partial charge in [0.1, 0.15) is 12.1 Å². The second-order valence-electron chi connectivity index (χ2n) is 4.66. The van der Waals surface area contributed by atoms with E-state index in [4.69, 9.17) is 10.3 Å². The van der Waals surface area contributed by atoms with E-state index in [0.717, 1.165) is 10.6 Å². The predicted molar refractivity (Wildman–Crippen MR) is 70.1 cm³/mol. The van der Waals surface area contributed by atoms with Crippen molar-refractivity contribution in [3.8, 4) is 0 Å². The molecule has 1 heterocycles. The number of nitrogens with zero attached hydrogens (tertiary/aromatic N) is 4. The molecule has 0 N–H and O–H groups in total. The van der Waals surface area contributed by atoms with Crippen molar-refractivity contribution in [3.05, 3.63) is 32.8 Å². The van der Waals surface area contributed by atoms with E-state index in [-0.39, 0.29) is 0 Å². The minimum Gasteiger partial charge on any atom is -0.425 e. The van der Waals surface area contributed by atoms with Crippen molar-refractivity contribution >= 4 is 17.4 Å². The summed E-state index contributed by atoms with van der Waals surface area (Å²) in [5.41, 5.74) is 8.94. The average molecular weight is 268 g/mol. The topological polar surface area (TPSA) is 78.3 Å². The summed E-state index contributed by atoms with van der Waals surface area (Å²) in [7, 11) is 0. The van der Waals surface area contributed by atoms with Crippen LogP contribution in [0.25, 0.3) is 10.4 Å². The van der Waals surface area contributed by atoms with Gasteiger partial charge in [-0.2, -0.15) is 21.0 Å². The molecule has 0 atom stereocenters. The highest BCUT2D eigenvalue weighted by atomic mass is 32.1. The maximum Gasteiger partial charge on any atom is 0.510 e. The molecule has 98 valence electrons. The summed E-state index contributed by atoms with van der Waals surface area (Å²) in [6, 6.07) is 1.97. The number of amides is 1. The van der Waals surface area contributed by atoms with E-state index in [1.165, 1.54) is 0 Å². The monoisotopic (exact) mass is 268 g/mol. The summed E-state index contributed by atoms with van der Waals surface area (Å²) in [6.45, 7) is 5.59. The van der Waals surface area contributed by atoms with Gasteiger partial charge in [-0.25, -0.2) is 0 Å². The van der Waals surface area contributed by atoms with Gasteiger partial charge in [0, 0.05) is 6.42 Å². The van der Waals surface area contributed by atoms with Gasteiger partial charge in [-0.15, -0.1) is 10.5 Å². The second kappa shape index (κ2) is 6.28. The van der Waals surface area contributed by atoms with Crippen LogP contribution in [0, 0.1) is 0 Å². The number of carbonyl (C=O) groups is 1. The highest BCUT2D eigenvalue weighted by Crippen LogP contribution is 2.12. The van der Waals surface area contributed by atoms with Gasteiger partial charge >= 0.3 is 6.09 Å². The van der Waals surface area contributed by atoms with Crippen molar-refractivity contribution in [1.29, 1.82) is 0 Å². The first-order chi connectivity index (χ1) is 8.42. The van der Waals surface area contributed by atoms with Crippen molar-refractivity contribution < 1.29 is 9.53 Å². The summed E-state index contributed by atoms with van der Waals surface area (Å²) in [4.78, 5) is 14.4. The van der Waals surface area contributed by atoms with Crippen LogP contribution < -0.4 is 0 Å². The Balaban J connectivity index is 2.59. The zero-order valence-electron chi connectivity index (χ0n) is 10.7. The lowest BCUT2D eigenvalue weighted by Crippen LogP contribution is -2.34. The first-order valence-corrected chi connectivity index (χ1v) is 6.43. The summed E-state index contributed by atoms with van der Waals surface area (Å²) < 4.78 is 5.15. The Hall–Kier alpha value is -1.72. The van der Waals surface area contributed by atoms with Crippen LogP contribution in [-0.2, 0) is 11.2 Å². The highest BCUT2D eigenvalue weighted by Gasteiger charge is 2.25. The number of hydrogen-bond donors (Lipinski definition) is 0. The van der Waals surface area contributed by atoms with E-state index in [1.807, 2.05) is 16.8 Å². The molecule has 0 aliphatic rings. The third-order valence-corrected chi connectivity index (χ3v) is 2.68. The van der Waals surface area contributed by atoms with Crippen LogP contribution in [-0.4, -0.2) is 23.2 Å². The first-order valence-electron chi connectivity index (χ1n) is 5.49. The highest BCUT2D eigenvalue weighted by molar-refractivity contribution is 7.07. The van der Waals surface area contributed by atoms with Crippen LogP contribution in [0.1, 0.15) is 26.3 Å². The normalized spacial score (nSPS) is 10.6. The fraction of sp³-hybridized carbons (Fsp3) is 0.545. The maximum atomic E-state index is 11.7. The van der Waals surface area contributed by atoms with E-state index in [9.17, 15) is 4.79 Å². The quantitative estimate of drug-likeness (QED) is 0.361. The van der Waals surface area contributed by atoms with Crippen LogP contribution in [0.5, 0.6) is 0 Å². The van der Waals surface area contributed by atoms with Gasteiger partial charge in [-0.05, 0) is 48.4 Å². The summed E-state index contributed by atoms with van der Waals surface area (Å²) >= 11 is 1.58. The molecule has 1 aromatic heterocycles. The summed E-state index contributed by atoms with van der Waals surface area (Å²) in [6.07, 6.45) is -0.00239. The Morgan fingerprint density at radius 2 is 2.33 bits per heavy atom. The largest absolute Gasteiger partial charge is 0.510 e. The van der Waals surface area contributed by atoms with E-state index in [2.05, 4.69) is 10.1 Å². The molecule has 1 amide bonds. The molecule has 0 bridgehead atoms. The number of carbonyl (C=O) groups excluding carboxylic acids is 1. The van der Waals surface area contributed by atoms with Gasteiger partial charge < -0.3 is 4.74 Å².